The second kappa shape index (κ2) is 7.13. The van der Waals surface area contributed by atoms with E-state index in [1.54, 1.807) is 0 Å². The Balaban J connectivity index is 1.61. The molecule has 1 saturated heterocycles. The predicted molar refractivity (Wildman–Crippen MR) is 68.3 cm³/mol. The van der Waals surface area contributed by atoms with Crippen LogP contribution in [0.25, 0.3) is 0 Å². The summed E-state index contributed by atoms with van der Waals surface area (Å²) in [5.41, 5.74) is 1.27. The number of benzene rings is 1. The maximum atomic E-state index is 11.6. The van der Waals surface area contributed by atoms with E-state index < -0.39 is 6.10 Å². The Hall–Kier alpha value is -1.39. The molecule has 1 aromatic carbocycles. The van der Waals surface area contributed by atoms with Crippen LogP contribution in [0.1, 0.15) is 12.0 Å². The first-order valence-electron chi connectivity index (χ1n) is 6.39. The summed E-state index contributed by atoms with van der Waals surface area (Å²) in [7, 11) is 0. The Labute approximate surface area is 107 Å². The molecule has 1 aliphatic heterocycles. The monoisotopic (exact) mass is 249 g/mol. The summed E-state index contributed by atoms with van der Waals surface area (Å²) in [6.45, 7) is 2.38. The Morgan fingerprint density at radius 2 is 2.22 bits per heavy atom. The average molecular weight is 249 g/mol. The molecule has 0 aromatic heterocycles. The number of morpholine rings is 1. The molecule has 0 bridgehead atoms. The number of carbonyl (C=O) groups excluding carboxylic acids is 1. The van der Waals surface area contributed by atoms with Crippen LogP contribution in [0.3, 0.4) is 0 Å². The van der Waals surface area contributed by atoms with Crippen LogP contribution in [-0.4, -0.2) is 38.4 Å². The molecule has 0 spiro atoms. The van der Waals surface area contributed by atoms with E-state index in [9.17, 15) is 4.79 Å². The Morgan fingerprint density at radius 3 is 2.94 bits per heavy atom. The van der Waals surface area contributed by atoms with Crippen LogP contribution < -0.4 is 5.32 Å². The molecular formula is C14H19NO3. The highest BCUT2D eigenvalue weighted by atomic mass is 16.6. The minimum Gasteiger partial charge on any atom is -0.464 e. The molecule has 0 aliphatic carbocycles. The van der Waals surface area contributed by atoms with Gasteiger partial charge in [0.25, 0.3) is 0 Å². The number of rotatable bonds is 5. The molecule has 18 heavy (non-hydrogen) atoms. The third-order valence-electron chi connectivity index (χ3n) is 2.89. The third kappa shape index (κ3) is 4.13. The van der Waals surface area contributed by atoms with Crippen LogP contribution in [0.2, 0.25) is 0 Å². The molecule has 0 saturated carbocycles. The Morgan fingerprint density at radius 1 is 1.39 bits per heavy atom. The van der Waals surface area contributed by atoms with E-state index >= 15 is 0 Å². The topological polar surface area (TPSA) is 47.6 Å². The molecule has 4 nitrogen and oxygen atoms in total. The predicted octanol–water partition coefficient (Wildman–Crippen LogP) is 1.15. The van der Waals surface area contributed by atoms with Crippen molar-refractivity contribution in [2.45, 2.75) is 18.9 Å². The van der Waals surface area contributed by atoms with Crippen molar-refractivity contribution in [3.63, 3.8) is 0 Å². The van der Waals surface area contributed by atoms with Gasteiger partial charge in [0.2, 0.25) is 0 Å². The maximum Gasteiger partial charge on any atom is 0.336 e. The van der Waals surface area contributed by atoms with E-state index in [0.717, 1.165) is 19.4 Å². The fourth-order valence-electron chi connectivity index (χ4n) is 1.90. The fourth-order valence-corrected chi connectivity index (χ4v) is 1.90. The highest BCUT2D eigenvalue weighted by Crippen LogP contribution is 2.04. The van der Waals surface area contributed by atoms with Crippen LogP contribution >= 0.6 is 0 Å². The highest BCUT2D eigenvalue weighted by Gasteiger charge is 2.22. The van der Waals surface area contributed by atoms with Gasteiger partial charge in [0.05, 0.1) is 13.2 Å². The SMILES string of the molecule is O=C(OCCCc1ccccc1)C1CNCCO1. The van der Waals surface area contributed by atoms with Crippen molar-refractivity contribution in [1.29, 1.82) is 0 Å². The second-order valence-corrected chi connectivity index (χ2v) is 4.32. The summed E-state index contributed by atoms with van der Waals surface area (Å²) in [5.74, 6) is -0.254. The second-order valence-electron chi connectivity index (χ2n) is 4.32. The lowest BCUT2D eigenvalue weighted by molar-refractivity contribution is -0.158. The molecule has 1 atom stereocenters. The number of hydrogen-bond acceptors (Lipinski definition) is 4. The van der Waals surface area contributed by atoms with Crippen LogP contribution in [0.15, 0.2) is 30.3 Å². The van der Waals surface area contributed by atoms with Gasteiger partial charge in [-0.25, -0.2) is 4.79 Å². The van der Waals surface area contributed by atoms with Crippen molar-refractivity contribution in [1.82, 2.24) is 5.32 Å². The molecule has 2 rings (SSSR count). The fraction of sp³-hybridized carbons (Fsp3) is 0.500. The quantitative estimate of drug-likeness (QED) is 0.628. The Bertz CT molecular complexity index is 361. The van der Waals surface area contributed by atoms with Gasteiger partial charge >= 0.3 is 5.97 Å². The van der Waals surface area contributed by atoms with E-state index in [4.69, 9.17) is 9.47 Å². The normalized spacial score (nSPS) is 19.4. The molecule has 1 N–H and O–H groups in total. The first-order chi connectivity index (χ1) is 8.86. The van der Waals surface area contributed by atoms with Crippen molar-refractivity contribution in [2.24, 2.45) is 0 Å². The van der Waals surface area contributed by atoms with Crippen LogP contribution in [0.4, 0.5) is 0 Å². The van der Waals surface area contributed by atoms with Crippen molar-refractivity contribution in [3.8, 4) is 0 Å². The van der Waals surface area contributed by atoms with Crippen molar-refractivity contribution < 1.29 is 14.3 Å². The van der Waals surface area contributed by atoms with Gasteiger partial charge in [-0.3, -0.25) is 0 Å². The molecule has 1 fully saturated rings. The number of aryl methyl sites for hydroxylation is 1. The van der Waals surface area contributed by atoms with Gasteiger partial charge in [-0.2, -0.15) is 0 Å². The Kier molecular flexibility index (Phi) is 5.17. The molecule has 1 aliphatic rings. The highest BCUT2D eigenvalue weighted by molar-refractivity contribution is 5.75. The standard InChI is InChI=1S/C14H19NO3/c16-14(13-11-15-8-10-17-13)18-9-4-7-12-5-2-1-3-6-12/h1-3,5-6,13,15H,4,7-11H2. The van der Waals surface area contributed by atoms with Crippen molar-refractivity contribution >= 4 is 5.97 Å². The summed E-state index contributed by atoms with van der Waals surface area (Å²) < 4.78 is 10.5. The minimum absolute atomic E-state index is 0.254. The van der Waals surface area contributed by atoms with E-state index in [0.29, 0.717) is 19.8 Å². The number of esters is 1. The molecular weight excluding hydrogens is 230 g/mol. The number of nitrogens with one attached hydrogen (secondary N) is 1. The van der Waals surface area contributed by atoms with Gasteiger partial charge in [0, 0.05) is 13.1 Å². The van der Waals surface area contributed by atoms with Crippen molar-refractivity contribution in [2.75, 3.05) is 26.3 Å². The number of carbonyl (C=O) groups is 1. The lowest BCUT2D eigenvalue weighted by atomic mass is 10.1. The van der Waals surface area contributed by atoms with Gasteiger partial charge in [0.1, 0.15) is 0 Å². The summed E-state index contributed by atoms with van der Waals surface area (Å²) in [4.78, 5) is 11.6. The summed E-state index contributed by atoms with van der Waals surface area (Å²) >= 11 is 0. The van der Waals surface area contributed by atoms with Crippen LogP contribution in [0, 0.1) is 0 Å². The first kappa shape index (κ1) is 13.1. The molecule has 0 amide bonds. The van der Waals surface area contributed by atoms with Gasteiger partial charge in [-0.1, -0.05) is 30.3 Å². The van der Waals surface area contributed by atoms with E-state index in [-0.39, 0.29) is 5.97 Å². The third-order valence-corrected chi connectivity index (χ3v) is 2.89. The van der Waals surface area contributed by atoms with E-state index in [1.807, 2.05) is 18.2 Å². The molecule has 1 aromatic rings. The molecule has 0 radical (unpaired) electrons. The van der Waals surface area contributed by atoms with Gasteiger partial charge in [-0.15, -0.1) is 0 Å². The molecule has 98 valence electrons. The molecule has 1 unspecified atom stereocenters. The van der Waals surface area contributed by atoms with E-state index in [2.05, 4.69) is 17.4 Å². The zero-order chi connectivity index (χ0) is 12.6. The lowest BCUT2D eigenvalue weighted by Gasteiger charge is -2.21. The first-order valence-corrected chi connectivity index (χ1v) is 6.39. The average Bonchev–Trinajstić information content (AvgIpc) is 2.45. The lowest BCUT2D eigenvalue weighted by Crippen LogP contribution is -2.43. The summed E-state index contributed by atoms with van der Waals surface area (Å²) in [6.07, 6.45) is 1.34. The molecule has 1 heterocycles. The molecule has 4 heteroatoms. The van der Waals surface area contributed by atoms with E-state index in [1.165, 1.54) is 5.56 Å². The number of ether oxygens (including phenoxy) is 2. The minimum atomic E-state index is -0.435. The van der Waals surface area contributed by atoms with Crippen LogP contribution in [-0.2, 0) is 20.7 Å². The smallest absolute Gasteiger partial charge is 0.336 e. The largest absolute Gasteiger partial charge is 0.464 e. The van der Waals surface area contributed by atoms with Gasteiger partial charge in [0.15, 0.2) is 6.10 Å². The zero-order valence-electron chi connectivity index (χ0n) is 10.4. The van der Waals surface area contributed by atoms with Gasteiger partial charge < -0.3 is 14.8 Å². The zero-order valence-corrected chi connectivity index (χ0v) is 10.4. The maximum absolute atomic E-state index is 11.6. The summed E-state index contributed by atoms with van der Waals surface area (Å²) in [6, 6.07) is 10.2. The number of hydrogen-bond donors (Lipinski definition) is 1. The van der Waals surface area contributed by atoms with Gasteiger partial charge in [-0.05, 0) is 18.4 Å². The summed E-state index contributed by atoms with van der Waals surface area (Å²) in [5, 5.41) is 3.11. The van der Waals surface area contributed by atoms with Crippen LogP contribution in [0.5, 0.6) is 0 Å². The van der Waals surface area contributed by atoms with Crippen molar-refractivity contribution in [3.05, 3.63) is 35.9 Å².